The van der Waals surface area contributed by atoms with Crippen LogP contribution in [-0.2, 0) is 0 Å². The van der Waals surface area contributed by atoms with Gasteiger partial charge in [-0.1, -0.05) is 200 Å². The SMILES string of the molecule is [2H]c1c([2H])c([2H])c2c(sc3c(-n4c5c([2H])c([2H])c([2H])c([2H])c5c5c([2H])c([2H])c([2H])c([2H])c54)c([2H])c4c5c([2H])c([2H])c([2H])c([2H])c5n(-c5ccc([Si](c6ccccc6)(c6ccccc6)c6ccc(-c7ccccc7)cc6)cc5)c4c32)c1[2H]. The molecule has 4 heteroatoms. The van der Waals surface area contributed by atoms with Gasteiger partial charge in [0.1, 0.15) is 0 Å². The molecule has 64 heavy (non-hydrogen) atoms. The van der Waals surface area contributed by atoms with Gasteiger partial charge in [0, 0.05) is 42.7 Å². The van der Waals surface area contributed by atoms with Crippen LogP contribution >= 0.6 is 11.3 Å². The Kier molecular flexibility index (Phi) is 5.41. The third kappa shape index (κ3) is 5.43. The Morgan fingerprint density at radius 3 is 1.41 bits per heavy atom. The zero-order chi connectivity index (χ0) is 57.0. The van der Waals surface area contributed by atoms with Gasteiger partial charge in [-0.3, -0.25) is 0 Å². The van der Waals surface area contributed by atoms with Crippen LogP contribution in [0.1, 0.15) is 23.3 Å². The Morgan fingerprint density at radius 2 is 0.828 bits per heavy atom. The summed E-state index contributed by atoms with van der Waals surface area (Å²) in [5.74, 6) is 0. The molecule has 10 aromatic carbocycles. The number of thiophene rings is 1. The number of para-hydroxylation sites is 3. The van der Waals surface area contributed by atoms with E-state index >= 15 is 0 Å². The lowest BCUT2D eigenvalue weighted by atomic mass is 10.1. The number of nitrogens with zero attached hydrogens (tertiary/aromatic N) is 2. The number of hydrogen-bond donors (Lipinski definition) is 0. The summed E-state index contributed by atoms with van der Waals surface area (Å²) in [6.07, 6.45) is 0. The first-order valence-electron chi connectivity index (χ1n) is 29.1. The second-order valence-corrected chi connectivity index (χ2v) is 20.4. The molecular formula is C60H40N2SSi. The van der Waals surface area contributed by atoms with Crippen molar-refractivity contribution in [3.8, 4) is 22.5 Å². The molecule has 0 aliphatic heterocycles. The van der Waals surface area contributed by atoms with Crippen molar-refractivity contribution in [2.45, 2.75) is 0 Å². The number of benzene rings is 10. The molecule has 0 amide bonds. The lowest BCUT2D eigenvalue weighted by Gasteiger charge is -2.34. The molecule has 3 aromatic heterocycles. The first kappa shape index (κ1) is 23.6. The second kappa shape index (κ2) is 14.7. The van der Waals surface area contributed by atoms with Gasteiger partial charge in [-0.05, 0) is 74.2 Å². The average molecular weight is 866 g/mol. The van der Waals surface area contributed by atoms with Crippen molar-refractivity contribution in [3.05, 3.63) is 242 Å². The van der Waals surface area contributed by atoms with E-state index in [4.69, 9.17) is 11.0 Å². The van der Waals surface area contributed by atoms with Crippen LogP contribution in [0.3, 0.4) is 0 Å². The quantitative estimate of drug-likeness (QED) is 0.112. The zero-order valence-corrected chi connectivity index (χ0v) is 35.4. The van der Waals surface area contributed by atoms with Gasteiger partial charge in [0.05, 0.1) is 55.8 Å². The molecule has 0 atom stereocenters. The summed E-state index contributed by atoms with van der Waals surface area (Å²) in [6, 6.07) is 36.7. The average Bonchev–Trinajstić information content (AvgIpc) is 3.59. The molecule has 0 N–H and O–H groups in total. The third-order valence-corrected chi connectivity index (χ3v) is 18.2. The fourth-order valence-electron chi connectivity index (χ4n) is 9.58. The molecule has 13 rings (SSSR count). The smallest absolute Gasteiger partial charge is 0.179 e. The highest BCUT2D eigenvalue weighted by molar-refractivity contribution is 7.26. The van der Waals surface area contributed by atoms with E-state index in [0.29, 0.717) is 5.69 Å². The molecule has 0 spiro atoms. The maximum Gasteiger partial charge on any atom is 0.179 e. The minimum absolute atomic E-state index is 0.0141. The summed E-state index contributed by atoms with van der Waals surface area (Å²) in [5, 5.41) is 3.39. The normalized spacial score (nSPS) is 15.8. The van der Waals surface area contributed by atoms with Gasteiger partial charge >= 0.3 is 0 Å². The van der Waals surface area contributed by atoms with Crippen molar-refractivity contribution < 1.29 is 23.3 Å². The lowest BCUT2D eigenvalue weighted by molar-refractivity contribution is 1.18. The van der Waals surface area contributed by atoms with Crippen LogP contribution in [0.15, 0.2) is 242 Å². The highest BCUT2D eigenvalue weighted by atomic mass is 32.1. The van der Waals surface area contributed by atoms with Gasteiger partial charge in [0.25, 0.3) is 0 Å². The molecule has 0 saturated carbocycles. The van der Waals surface area contributed by atoms with Gasteiger partial charge in [0.15, 0.2) is 8.07 Å². The number of aromatic nitrogens is 2. The molecule has 0 aliphatic rings. The van der Waals surface area contributed by atoms with E-state index in [-0.39, 0.29) is 69.5 Å². The van der Waals surface area contributed by atoms with Crippen molar-refractivity contribution in [2.24, 2.45) is 0 Å². The standard InChI is InChI=1S/C60H40N2SSi/c1-4-18-41(19-5-1)42-32-36-46(37-33-42)64(44-20-6-2-7-21-44,45-22-8-3-9-23-45)47-38-34-43(35-39-47)61-53-28-14-12-26-50(53)52-40-56(60-58(59(52)61)51-27-13-17-31-57(51)63-60)62-54-29-15-10-24-48(54)49-25-11-16-30-55(49)62/h1-40H/i10D,11D,12D,13D,14D,15D,16D,17D,24D,25D,26D,27D,28D,29D,30D,31D,40D. The van der Waals surface area contributed by atoms with E-state index in [9.17, 15) is 12.3 Å². The maximum absolute atomic E-state index is 10.5. The summed E-state index contributed by atoms with van der Waals surface area (Å²) in [5.41, 5.74) is 1.56. The van der Waals surface area contributed by atoms with Gasteiger partial charge < -0.3 is 9.13 Å². The predicted octanol–water partition coefficient (Wildman–Crippen LogP) is 13.3. The summed E-state index contributed by atoms with van der Waals surface area (Å²) in [6.45, 7) is 0. The van der Waals surface area contributed by atoms with Crippen LogP contribution < -0.4 is 20.7 Å². The third-order valence-electron chi connectivity index (χ3n) is 12.3. The van der Waals surface area contributed by atoms with Gasteiger partial charge in [-0.2, -0.15) is 0 Å². The number of rotatable bonds is 7. The molecule has 0 unspecified atom stereocenters. The van der Waals surface area contributed by atoms with Crippen LogP contribution in [0, 0.1) is 0 Å². The van der Waals surface area contributed by atoms with Crippen molar-refractivity contribution in [1.82, 2.24) is 9.13 Å². The van der Waals surface area contributed by atoms with E-state index in [2.05, 4.69) is 60.7 Å². The largest absolute Gasteiger partial charge is 0.309 e. The van der Waals surface area contributed by atoms with E-state index in [1.165, 1.54) is 4.57 Å². The summed E-state index contributed by atoms with van der Waals surface area (Å²) >= 11 is 0.846. The topological polar surface area (TPSA) is 9.86 Å². The number of fused-ring (bicyclic) bond motifs is 10. The molecular weight excluding hydrogens is 809 g/mol. The molecule has 0 saturated heterocycles. The van der Waals surface area contributed by atoms with Gasteiger partial charge in [0.2, 0.25) is 0 Å². The van der Waals surface area contributed by atoms with Gasteiger partial charge in [-0.15, -0.1) is 11.3 Å². The predicted molar refractivity (Wildman–Crippen MR) is 277 cm³/mol. The first-order chi connectivity index (χ1) is 38.8. The Bertz CT molecular complexity index is 4760. The van der Waals surface area contributed by atoms with Gasteiger partial charge in [-0.25, -0.2) is 0 Å². The van der Waals surface area contributed by atoms with Crippen molar-refractivity contribution >= 4 is 104 Å². The van der Waals surface area contributed by atoms with E-state index in [1.54, 1.807) is 4.57 Å². The minimum Gasteiger partial charge on any atom is -0.309 e. The van der Waals surface area contributed by atoms with E-state index in [1.807, 2.05) is 78.9 Å². The molecule has 0 fully saturated rings. The number of hydrogen-bond acceptors (Lipinski definition) is 1. The summed E-state index contributed by atoms with van der Waals surface area (Å²) in [4.78, 5) is 0. The molecule has 2 nitrogen and oxygen atoms in total. The summed E-state index contributed by atoms with van der Waals surface area (Å²) < 4.78 is 160. The second-order valence-electron chi connectivity index (χ2n) is 15.5. The Balaban J connectivity index is 1.21. The zero-order valence-electron chi connectivity index (χ0n) is 50.6. The van der Waals surface area contributed by atoms with Crippen molar-refractivity contribution in [1.29, 1.82) is 0 Å². The van der Waals surface area contributed by atoms with Crippen molar-refractivity contribution in [3.63, 3.8) is 0 Å². The molecule has 300 valence electrons. The van der Waals surface area contributed by atoms with Crippen LogP contribution in [0.2, 0.25) is 0 Å². The fourth-order valence-corrected chi connectivity index (χ4v) is 15.4. The molecule has 0 radical (unpaired) electrons. The van der Waals surface area contributed by atoms with E-state index in [0.717, 1.165) is 43.2 Å². The van der Waals surface area contributed by atoms with Crippen molar-refractivity contribution in [2.75, 3.05) is 0 Å². The monoisotopic (exact) mass is 865 g/mol. The highest BCUT2D eigenvalue weighted by Crippen LogP contribution is 2.47. The highest BCUT2D eigenvalue weighted by Gasteiger charge is 2.41. The molecule has 0 bridgehead atoms. The maximum atomic E-state index is 10.5. The van der Waals surface area contributed by atoms with Crippen LogP contribution in [0.4, 0.5) is 0 Å². The molecule has 13 aromatic rings. The Hall–Kier alpha value is -7.76. The van der Waals surface area contributed by atoms with Crippen LogP contribution in [0.5, 0.6) is 0 Å². The van der Waals surface area contributed by atoms with Crippen LogP contribution in [-0.4, -0.2) is 17.2 Å². The minimum atomic E-state index is -3.25. The Morgan fingerprint density at radius 1 is 0.391 bits per heavy atom. The molecule has 3 heterocycles. The fraction of sp³-hybridized carbons (Fsp3) is 0. The Labute approximate surface area is 400 Å². The summed E-state index contributed by atoms with van der Waals surface area (Å²) in [7, 11) is -3.25. The molecule has 0 aliphatic carbocycles. The first-order valence-corrected chi connectivity index (χ1v) is 23.4. The van der Waals surface area contributed by atoms with E-state index < -0.39 is 111 Å². The van der Waals surface area contributed by atoms with Crippen LogP contribution in [0.25, 0.3) is 86.3 Å². The lowest BCUT2D eigenvalue weighted by Crippen LogP contribution is -2.74.